The third-order valence-electron chi connectivity index (χ3n) is 4.51. The van der Waals surface area contributed by atoms with E-state index in [0.717, 1.165) is 5.56 Å². The van der Waals surface area contributed by atoms with Gasteiger partial charge < -0.3 is 5.32 Å². The van der Waals surface area contributed by atoms with Crippen LogP contribution in [0.2, 0.25) is 0 Å². The molecule has 7 heteroatoms. The Hall–Kier alpha value is -2.51. The van der Waals surface area contributed by atoms with Crippen LogP contribution < -0.4 is 5.32 Å². The molecular formula is C20H21FN2O3S. The van der Waals surface area contributed by atoms with Crippen molar-refractivity contribution >= 4 is 27.7 Å². The predicted molar refractivity (Wildman–Crippen MR) is 104 cm³/mol. The molecule has 2 aromatic carbocycles. The lowest BCUT2D eigenvalue weighted by Gasteiger charge is -2.29. The van der Waals surface area contributed by atoms with E-state index in [9.17, 15) is 17.6 Å². The summed E-state index contributed by atoms with van der Waals surface area (Å²) in [5.41, 5.74) is 1.21. The first-order chi connectivity index (χ1) is 12.9. The van der Waals surface area contributed by atoms with Gasteiger partial charge >= 0.3 is 0 Å². The number of halogens is 1. The van der Waals surface area contributed by atoms with Crippen LogP contribution in [-0.2, 0) is 14.8 Å². The number of nitrogens with zero attached hydrogens (tertiary/aromatic N) is 1. The summed E-state index contributed by atoms with van der Waals surface area (Å²) in [6.45, 7) is 0.561. The van der Waals surface area contributed by atoms with E-state index in [0.29, 0.717) is 18.5 Å². The number of hydrogen-bond donors (Lipinski definition) is 1. The molecule has 1 heterocycles. The third kappa shape index (κ3) is 5.24. The summed E-state index contributed by atoms with van der Waals surface area (Å²) in [7, 11) is -3.52. The van der Waals surface area contributed by atoms with Crippen LogP contribution in [0.25, 0.3) is 6.08 Å². The molecule has 0 atom stereocenters. The molecule has 0 aromatic heterocycles. The van der Waals surface area contributed by atoms with Gasteiger partial charge in [-0.25, -0.2) is 12.8 Å². The summed E-state index contributed by atoms with van der Waals surface area (Å²) >= 11 is 0. The Bertz CT molecular complexity index is 921. The number of carbonyl (C=O) groups excluding carboxylic acids is 1. The first-order valence-electron chi connectivity index (χ1n) is 8.74. The van der Waals surface area contributed by atoms with Gasteiger partial charge in [0.2, 0.25) is 15.9 Å². The Morgan fingerprint density at radius 2 is 1.78 bits per heavy atom. The third-order valence-corrected chi connectivity index (χ3v) is 6.07. The average molecular weight is 388 g/mol. The van der Waals surface area contributed by atoms with E-state index in [2.05, 4.69) is 5.32 Å². The summed E-state index contributed by atoms with van der Waals surface area (Å²) in [5, 5.41) is 3.90. The molecule has 0 unspecified atom stereocenters. The molecule has 1 amide bonds. The van der Waals surface area contributed by atoms with Gasteiger partial charge in [-0.2, -0.15) is 4.31 Å². The summed E-state index contributed by atoms with van der Waals surface area (Å²) < 4.78 is 39.5. The fourth-order valence-corrected chi connectivity index (χ4v) is 4.22. The molecule has 1 fully saturated rings. The van der Waals surface area contributed by atoms with Crippen molar-refractivity contribution in [3.05, 3.63) is 71.4 Å². The van der Waals surface area contributed by atoms with Crippen LogP contribution in [0, 0.1) is 11.7 Å². The lowest BCUT2D eigenvalue weighted by atomic mass is 9.97. The second kappa shape index (κ2) is 8.45. The van der Waals surface area contributed by atoms with Crippen molar-refractivity contribution in [3.63, 3.8) is 0 Å². The molecule has 2 aromatic rings. The SMILES string of the molecule is O=C(Nc1cccc(F)c1)C1CCN(S(=O)(=O)/C=C/c2ccccc2)CC1. The molecule has 0 bridgehead atoms. The Labute approximate surface area is 158 Å². The van der Waals surface area contributed by atoms with Gasteiger partial charge in [0.05, 0.1) is 0 Å². The zero-order valence-corrected chi connectivity index (χ0v) is 15.5. The number of piperidine rings is 1. The molecule has 1 aliphatic rings. The van der Waals surface area contributed by atoms with Gasteiger partial charge in [0, 0.05) is 30.1 Å². The Morgan fingerprint density at radius 1 is 1.07 bits per heavy atom. The average Bonchev–Trinajstić information content (AvgIpc) is 2.67. The molecular weight excluding hydrogens is 367 g/mol. The minimum atomic E-state index is -3.52. The fourth-order valence-electron chi connectivity index (χ4n) is 3.00. The van der Waals surface area contributed by atoms with Crippen molar-refractivity contribution in [1.82, 2.24) is 4.31 Å². The van der Waals surface area contributed by atoms with Crippen molar-refractivity contribution in [2.45, 2.75) is 12.8 Å². The van der Waals surface area contributed by atoms with Gasteiger partial charge in [0.25, 0.3) is 0 Å². The first kappa shape index (κ1) is 19.3. The topological polar surface area (TPSA) is 66.5 Å². The summed E-state index contributed by atoms with van der Waals surface area (Å²) in [6, 6.07) is 14.9. The number of sulfonamides is 1. The van der Waals surface area contributed by atoms with Crippen molar-refractivity contribution in [2.24, 2.45) is 5.92 Å². The molecule has 1 saturated heterocycles. The van der Waals surface area contributed by atoms with Crippen molar-refractivity contribution < 1.29 is 17.6 Å². The molecule has 27 heavy (non-hydrogen) atoms. The van der Waals surface area contributed by atoms with Crippen molar-refractivity contribution in [2.75, 3.05) is 18.4 Å². The van der Waals surface area contributed by atoms with Crippen molar-refractivity contribution in [3.8, 4) is 0 Å². The smallest absolute Gasteiger partial charge is 0.236 e. The lowest BCUT2D eigenvalue weighted by molar-refractivity contribution is -0.120. The van der Waals surface area contributed by atoms with Crippen LogP contribution in [0.4, 0.5) is 10.1 Å². The highest BCUT2D eigenvalue weighted by molar-refractivity contribution is 7.92. The van der Waals surface area contributed by atoms with Crippen molar-refractivity contribution in [1.29, 1.82) is 0 Å². The predicted octanol–water partition coefficient (Wildman–Crippen LogP) is 3.48. The summed E-state index contributed by atoms with van der Waals surface area (Å²) in [4.78, 5) is 12.3. The van der Waals surface area contributed by atoms with E-state index in [1.807, 2.05) is 30.3 Å². The van der Waals surface area contributed by atoms with Crippen LogP contribution in [0.3, 0.4) is 0 Å². The summed E-state index contributed by atoms with van der Waals surface area (Å²) in [6.07, 6.45) is 2.43. The zero-order valence-electron chi connectivity index (χ0n) is 14.7. The second-order valence-electron chi connectivity index (χ2n) is 6.43. The van der Waals surface area contributed by atoms with Gasteiger partial charge in [-0.3, -0.25) is 4.79 Å². The molecule has 142 valence electrons. The van der Waals surface area contributed by atoms with Gasteiger partial charge in [0.15, 0.2) is 0 Å². The van der Waals surface area contributed by atoms with Crippen LogP contribution in [-0.4, -0.2) is 31.7 Å². The molecule has 0 saturated carbocycles. The van der Waals surface area contributed by atoms with Gasteiger partial charge in [-0.1, -0.05) is 36.4 Å². The number of hydrogen-bond acceptors (Lipinski definition) is 3. The number of rotatable bonds is 5. The number of benzene rings is 2. The van der Waals surface area contributed by atoms with E-state index in [1.165, 1.54) is 27.9 Å². The van der Waals surface area contributed by atoms with E-state index in [1.54, 1.807) is 12.1 Å². The largest absolute Gasteiger partial charge is 0.326 e. The fraction of sp³-hybridized carbons (Fsp3) is 0.250. The van der Waals surface area contributed by atoms with Gasteiger partial charge in [0.1, 0.15) is 5.82 Å². The van der Waals surface area contributed by atoms with Crippen LogP contribution in [0.1, 0.15) is 18.4 Å². The number of carbonyl (C=O) groups is 1. The Morgan fingerprint density at radius 3 is 2.44 bits per heavy atom. The molecule has 0 radical (unpaired) electrons. The van der Waals surface area contributed by atoms with E-state index < -0.39 is 15.8 Å². The first-order valence-corrected chi connectivity index (χ1v) is 10.2. The zero-order chi connectivity index (χ0) is 19.3. The van der Waals surface area contributed by atoms with Crippen LogP contribution in [0.15, 0.2) is 60.0 Å². The molecule has 0 aliphatic carbocycles. The highest BCUT2D eigenvalue weighted by atomic mass is 32.2. The molecule has 5 nitrogen and oxygen atoms in total. The molecule has 0 spiro atoms. The minimum absolute atomic E-state index is 0.211. The molecule has 1 N–H and O–H groups in total. The Kier molecular flexibility index (Phi) is 6.03. The minimum Gasteiger partial charge on any atom is -0.326 e. The maximum Gasteiger partial charge on any atom is 0.236 e. The second-order valence-corrected chi connectivity index (χ2v) is 8.25. The highest BCUT2D eigenvalue weighted by Crippen LogP contribution is 2.22. The number of amides is 1. The maximum atomic E-state index is 13.2. The molecule has 1 aliphatic heterocycles. The van der Waals surface area contributed by atoms with E-state index in [4.69, 9.17) is 0 Å². The Balaban J connectivity index is 1.56. The van der Waals surface area contributed by atoms with Crippen LogP contribution >= 0.6 is 0 Å². The normalized spacial score (nSPS) is 16.5. The number of anilines is 1. The van der Waals surface area contributed by atoms with Gasteiger partial charge in [-0.05, 0) is 42.7 Å². The summed E-state index contributed by atoms with van der Waals surface area (Å²) in [5.74, 6) is -0.922. The maximum absolute atomic E-state index is 13.2. The van der Waals surface area contributed by atoms with Gasteiger partial charge in [-0.15, -0.1) is 0 Å². The molecule has 3 rings (SSSR count). The standard InChI is InChI=1S/C20H21FN2O3S/c21-18-7-4-8-19(15-18)22-20(24)17-9-12-23(13-10-17)27(25,26)14-11-16-5-2-1-3-6-16/h1-8,11,14-15,17H,9-10,12-13H2,(H,22,24)/b14-11+. The lowest BCUT2D eigenvalue weighted by Crippen LogP contribution is -2.40. The quantitative estimate of drug-likeness (QED) is 0.853. The highest BCUT2D eigenvalue weighted by Gasteiger charge is 2.30. The van der Waals surface area contributed by atoms with Crippen LogP contribution in [0.5, 0.6) is 0 Å². The van der Waals surface area contributed by atoms with E-state index >= 15 is 0 Å². The monoisotopic (exact) mass is 388 g/mol. The van der Waals surface area contributed by atoms with E-state index in [-0.39, 0.29) is 24.9 Å². The number of nitrogens with one attached hydrogen (secondary N) is 1.